The van der Waals surface area contributed by atoms with Crippen molar-refractivity contribution in [2.75, 3.05) is 6.54 Å². The van der Waals surface area contributed by atoms with E-state index in [0.717, 1.165) is 4.88 Å². The van der Waals surface area contributed by atoms with Gasteiger partial charge in [-0.05, 0) is 37.3 Å². The van der Waals surface area contributed by atoms with Crippen LogP contribution >= 0.6 is 22.9 Å². The first-order valence-corrected chi connectivity index (χ1v) is 8.47. The molecule has 0 saturated carbocycles. The highest BCUT2D eigenvalue weighted by molar-refractivity contribution is 7.16. The van der Waals surface area contributed by atoms with E-state index in [1.54, 1.807) is 29.2 Å². The van der Waals surface area contributed by atoms with Gasteiger partial charge in [-0.25, -0.2) is 0 Å². The Hall–Kier alpha value is -2.38. The Morgan fingerprint density at radius 1 is 1.12 bits per heavy atom. The zero-order valence-corrected chi connectivity index (χ0v) is 14.3. The third kappa shape index (κ3) is 3.27. The second-order valence-electron chi connectivity index (χ2n) is 5.19. The van der Waals surface area contributed by atoms with Crippen molar-refractivity contribution in [1.29, 1.82) is 0 Å². The van der Waals surface area contributed by atoms with E-state index in [1.807, 2.05) is 13.0 Å². The van der Waals surface area contributed by atoms with Crippen LogP contribution in [0.4, 0.5) is 0 Å². The van der Waals surface area contributed by atoms with E-state index in [-0.39, 0.29) is 5.91 Å². The summed E-state index contributed by atoms with van der Waals surface area (Å²) in [5, 5.41) is 0. The average Bonchev–Trinajstić information content (AvgIpc) is 2.98. The highest BCUT2D eigenvalue weighted by atomic mass is 35.5. The lowest BCUT2D eigenvalue weighted by atomic mass is 10.1. The lowest BCUT2D eigenvalue weighted by molar-refractivity contribution is 0.0754. The van der Waals surface area contributed by atoms with Crippen molar-refractivity contribution < 1.29 is 4.79 Å². The summed E-state index contributed by atoms with van der Waals surface area (Å²) in [5.41, 5.74) is -0.126. The van der Waals surface area contributed by atoms with E-state index in [0.29, 0.717) is 34.0 Å². The van der Waals surface area contributed by atoms with Crippen LogP contribution in [-0.2, 0) is 6.54 Å². The van der Waals surface area contributed by atoms with Crippen LogP contribution in [0.2, 0.25) is 4.34 Å². The van der Waals surface area contributed by atoms with Gasteiger partial charge in [0.25, 0.3) is 5.91 Å². The number of nitrogens with one attached hydrogen (secondary N) is 2. The molecule has 2 aromatic heterocycles. The number of benzene rings is 1. The summed E-state index contributed by atoms with van der Waals surface area (Å²) in [6, 6.07) is 8.50. The maximum absolute atomic E-state index is 12.7. The summed E-state index contributed by atoms with van der Waals surface area (Å²) in [6.07, 6.45) is 0. The van der Waals surface area contributed by atoms with Crippen LogP contribution in [0.5, 0.6) is 0 Å². The first-order chi connectivity index (χ1) is 11.5. The lowest BCUT2D eigenvalue weighted by Crippen LogP contribution is -2.31. The second-order valence-corrected chi connectivity index (χ2v) is 6.99. The Balaban J connectivity index is 1.92. The monoisotopic (exact) mass is 363 g/mol. The molecule has 3 rings (SSSR count). The van der Waals surface area contributed by atoms with Crippen LogP contribution in [0.3, 0.4) is 0 Å². The molecule has 0 unspecified atom stereocenters. The second kappa shape index (κ2) is 6.62. The van der Waals surface area contributed by atoms with Crippen LogP contribution in [0, 0.1) is 0 Å². The smallest absolute Gasteiger partial charge is 0.314 e. The number of fused-ring (bicyclic) bond motifs is 1. The van der Waals surface area contributed by atoms with E-state index in [1.165, 1.54) is 11.3 Å². The number of H-pyrrole nitrogens is 2. The predicted molar refractivity (Wildman–Crippen MR) is 94.9 cm³/mol. The molecule has 0 radical (unpaired) electrons. The van der Waals surface area contributed by atoms with Gasteiger partial charge in [0.2, 0.25) is 0 Å². The molecule has 0 fully saturated rings. The minimum absolute atomic E-state index is 0.157. The summed E-state index contributed by atoms with van der Waals surface area (Å²) >= 11 is 7.36. The van der Waals surface area contributed by atoms with Crippen molar-refractivity contribution in [3.63, 3.8) is 0 Å². The van der Waals surface area contributed by atoms with Crippen LogP contribution in [-0.4, -0.2) is 27.3 Å². The van der Waals surface area contributed by atoms with Gasteiger partial charge in [0, 0.05) is 17.0 Å². The Morgan fingerprint density at radius 2 is 1.83 bits per heavy atom. The fourth-order valence-electron chi connectivity index (χ4n) is 2.38. The standard InChI is InChI=1S/C16H14ClN3O3S/c1-2-20(8-10-4-6-13(17)24-10)16(23)9-3-5-11-12(7-9)19-15(22)14(21)18-11/h3-7H,2,8H2,1H3,(H,18,21)(H,19,22). The van der Waals surface area contributed by atoms with E-state index in [9.17, 15) is 14.4 Å². The molecule has 0 atom stereocenters. The number of thiophene rings is 1. The SMILES string of the molecule is CCN(Cc1ccc(Cl)s1)C(=O)c1ccc2[nH]c(=O)c(=O)[nH]c2c1. The zero-order chi connectivity index (χ0) is 17.3. The number of carbonyl (C=O) groups excluding carboxylic acids is 1. The van der Waals surface area contributed by atoms with E-state index in [4.69, 9.17) is 11.6 Å². The minimum Gasteiger partial charge on any atom is -0.334 e. The van der Waals surface area contributed by atoms with Gasteiger partial charge in [0.15, 0.2) is 0 Å². The molecule has 8 heteroatoms. The number of hydrogen-bond acceptors (Lipinski definition) is 4. The number of rotatable bonds is 4. The fourth-order valence-corrected chi connectivity index (χ4v) is 3.49. The minimum atomic E-state index is -0.743. The van der Waals surface area contributed by atoms with E-state index in [2.05, 4.69) is 9.97 Å². The zero-order valence-electron chi connectivity index (χ0n) is 12.8. The van der Waals surface area contributed by atoms with Crippen molar-refractivity contribution in [2.45, 2.75) is 13.5 Å². The molecule has 0 aliphatic rings. The lowest BCUT2D eigenvalue weighted by Gasteiger charge is -2.20. The first-order valence-electron chi connectivity index (χ1n) is 7.28. The summed E-state index contributed by atoms with van der Waals surface area (Å²) in [7, 11) is 0. The molecule has 2 heterocycles. The fraction of sp³-hybridized carbons (Fsp3) is 0.188. The molecule has 124 valence electrons. The molecule has 0 saturated heterocycles. The third-order valence-electron chi connectivity index (χ3n) is 3.61. The molecule has 1 aromatic carbocycles. The molecule has 0 bridgehead atoms. The van der Waals surface area contributed by atoms with Crippen LogP contribution in [0.25, 0.3) is 11.0 Å². The molecule has 3 aromatic rings. The number of nitrogens with zero attached hydrogens (tertiary/aromatic N) is 1. The van der Waals surface area contributed by atoms with Crippen molar-refractivity contribution in [1.82, 2.24) is 14.9 Å². The topological polar surface area (TPSA) is 86.0 Å². The predicted octanol–water partition coefficient (Wildman–Crippen LogP) is 2.59. The van der Waals surface area contributed by atoms with Crippen LogP contribution in [0.1, 0.15) is 22.2 Å². The summed E-state index contributed by atoms with van der Waals surface area (Å²) in [6.45, 7) is 2.90. The largest absolute Gasteiger partial charge is 0.334 e. The Kier molecular flexibility index (Phi) is 4.55. The number of amides is 1. The summed E-state index contributed by atoms with van der Waals surface area (Å²) < 4.78 is 0.681. The van der Waals surface area contributed by atoms with E-state index >= 15 is 0 Å². The molecule has 0 spiro atoms. The van der Waals surface area contributed by atoms with Gasteiger partial charge >= 0.3 is 11.1 Å². The van der Waals surface area contributed by atoms with Gasteiger partial charge in [-0.1, -0.05) is 11.6 Å². The quantitative estimate of drug-likeness (QED) is 0.698. The number of aromatic amines is 2. The van der Waals surface area contributed by atoms with Crippen LogP contribution in [0.15, 0.2) is 39.9 Å². The Bertz CT molecular complexity index is 1020. The average molecular weight is 364 g/mol. The molecule has 24 heavy (non-hydrogen) atoms. The van der Waals surface area contributed by atoms with Crippen molar-refractivity contribution in [3.05, 3.63) is 65.8 Å². The molecular weight excluding hydrogens is 350 g/mol. The van der Waals surface area contributed by atoms with Gasteiger partial charge in [0.1, 0.15) is 0 Å². The Labute approximate surface area is 145 Å². The first kappa shape index (κ1) is 16.5. The van der Waals surface area contributed by atoms with E-state index < -0.39 is 11.1 Å². The van der Waals surface area contributed by atoms with Gasteiger partial charge < -0.3 is 14.9 Å². The van der Waals surface area contributed by atoms with Crippen LogP contribution < -0.4 is 11.1 Å². The molecule has 6 nitrogen and oxygen atoms in total. The van der Waals surface area contributed by atoms with Gasteiger partial charge in [-0.3, -0.25) is 14.4 Å². The maximum atomic E-state index is 12.7. The van der Waals surface area contributed by atoms with Crippen molar-refractivity contribution >= 4 is 39.9 Å². The molecule has 0 aliphatic carbocycles. The summed E-state index contributed by atoms with van der Waals surface area (Å²) in [5.74, 6) is -0.157. The van der Waals surface area contributed by atoms with Crippen molar-refractivity contribution in [2.24, 2.45) is 0 Å². The number of aromatic nitrogens is 2. The highest BCUT2D eigenvalue weighted by Gasteiger charge is 2.16. The van der Waals surface area contributed by atoms with Gasteiger partial charge in [0.05, 0.1) is 21.9 Å². The number of halogens is 1. The molecular formula is C16H14ClN3O3S. The summed E-state index contributed by atoms with van der Waals surface area (Å²) in [4.78, 5) is 43.1. The number of hydrogen-bond donors (Lipinski definition) is 2. The molecule has 2 N–H and O–H groups in total. The maximum Gasteiger partial charge on any atom is 0.314 e. The highest BCUT2D eigenvalue weighted by Crippen LogP contribution is 2.23. The number of carbonyl (C=O) groups is 1. The third-order valence-corrected chi connectivity index (χ3v) is 4.83. The normalized spacial score (nSPS) is 10.9. The molecule has 1 amide bonds. The van der Waals surface area contributed by atoms with Crippen molar-refractivity contribution in [3.8, 4) is 0 Å². The van der Waals surface area contributed by atoms with Gasteiger partial charge in [-0.15, -0.1) is 11.3 Å². The Morgan fingerprint density at radius 3 is 2.46 bits per heavy atom. The molecule has 0 aliphatic heterocycles. The van der Waals surface area contributed by atoms with Gasteiger partial charge in [-0.2, -0.15) is 0 Å².